The topological polar surface area (TPSA) is 90.4 Å². The normalized spacial score (nSPS) is 18.6. The number of hydrogen-bond acceptors (Lipinski definition) is 7. The van der Waals surface area contributed by atoms with Gasteiger partial charge in [0.15, 0.2) is 9.84 Å². The van der Waals surface area contributed by atoms with Gasteiger partial charge in [-0.25, -0.2) is 18.4 Å². The summed E-state index contributed by atoms with van der Waals surface area (Å²) in [5, 5.41) is 3.29. The second-order valence-corrected chi connectivity index (χ2v) is 9.05. The van der Waals surface area contributed by atoms with Crippen molar-refractivity contribution in [1.29, 1.82) is 0 Å². The molecule has 1 N–H and O–H groups in total. The standard InChI is InChI=1S/C18H23N3O4S/c1-11-19-10-16(26(5,22)23)17(20-11)21-14-9-18(2,3)25-15-7-6-12(24-4)8-13(14)15/h6-8,10,14H,9H2,1-5H3,(H,19,20,21)/t14-/m0/s1. The van der Waals surface area contributed by atoms with Gasteiger partial charge in [-0.3, -0.25) is 0 Å². The fourth-order valence-corrected chi connectivity index (χ4v) is 3.79. The molecule has 2 aromatic rings. The molecular formula is C18H23N3O4S. The molecule has 0 unspecified atom stereocenters. The Kier molecular flexibility index (Phi) is 4.56. The van der Waals surface area contributed by atoms with E-state index in [9.17, 15) is 8.42 Å². The summed E-state index contributed by atoms with van der Waals surface area (Å²) in [7, 11) is -1.86. The molecule has 1 atom stereocenters. The third-order valence-corrected chi connectivity index (χ3v) is 5.36. The predicted octanol–water partition coefficient (Wildman–Crippen LogP) is 2.91. The van der Waals surface area contributed by atoms with Crippen molar-refractivity contribution in [2.24, 2.45) is 0 Å². The van der Waals surface area contributed by atoms with Crippen LogP contribution in [0.2, 0.25) is 0 Å². The lowest BCUT2D eigenvalue weighted by atomic mass is 9.89. The van der Waals surface area contributed by atoms with Crippen LogP contribution in [0.5, 0.6) is 11.5 Å². The number of anilines is 1. The zero-order valence-corrected chi connectivity index (χ0v) is 16.3. The van der Waals surface area contributed by atoms with Gasteiger partial charge in [0.25, 0.3) is 0 Å². The molecule has 2 heterocycles. The minimum atomic E-state index is -3.46. The number of sulfone groups is 1. The van der Waals surface area contributed by atoms with E-state index >= 15 is 0 Å². The van der Waals surface area contributed by atoms with Gasteiger partial charge in [0.05, 0.1) is 19.3 Å². The fourth-order valence-electron chi connectivity index (χ4n) is 3.09. The second kappa shape index (κ2) is 6.42. The zero-order valence-electron chi connectivity index (χ0n) is 15.5. The maximum absolute atomic E-state index is 12.1. The van der Waals surface area contributed by atoms with Crippen LogP contribution in [0.4, 0.5) is 5.82 Å². The van der Waals surface area contributed by atoms with Crippen LogP contribution in [0.3, 0.4) is 0 Å². The van der Waals surface area contributed by atoms with Gasteiger partial charge in [-0.1, -0.05) is 0 Å². The first-order valence-corrected chi connectivity index (χ1v) is 10.2. The van der Waals surface area contributed by atoms with E-state index in [2.05, 4.69) is 15.3 Å². The third kappa shape index (κ3) is 3.75. The van der Waals surface area contributed by atoms with Gasteiger partial charge in [-0.05, 0) is 39.0 Å². The van der Waals surface area contributed by atoms with Crippen molar-refractivity contribution in [2.75, 3.05) is 18.7 Å². The van der Waals surface area contributed by atoms with E-state index in [4.69, 9.17) is 9.47 Å². The molecule has 26 heavy (non-hydrogen) atoms. The Morgan fingerprint density at radius 1 is 1.35 bits per heavy atom. The molecule has 8 heteroatoms. The highest BCUT2D eigenvalue weighted by atomic mass is 32.2. The first-order valence-electron chi connectivity index (χ1n) is 8.26. The number of benzene rings is 1. The maximum atomic E-state index is 12.1. The number of nitrogens with zero attached hydrogens (tertiary/aromatic N) is 2. The number of rotatable bonds is 4. The lowest BCUT2D eigenvalue weighted by molar-refractivity contribution is 0.0756. The first-order chi connectivity index (χ1) is 12.1. The predicted molar refractivity (Wildman–Crippen MR) is 98.6 cm³/mol. The number of hydrogen-bond donors (Lipinski definition) is 1. The minimum Gasteiger partial charge on any atom is -0.497 e. The van der Waals surface area contributed by atoms with E-state index in [1.165, 1.54) is 6.20 Å². The largest absolute Gasteiger partial charge is 0.497 e. The van der Waals surface area contributed by atoms with Crippen molar-refractivity contribution < 1.29 is 17.9 Å². The number of methoxy groups -OCH3 is 1. The molecule has 0 saturated heterocycles. The first kappa shape index (κ1) is 18.4. The summed E-state index contributed by atoms with van der Waals surface area (Å²) in [5.41, 5.74) is 0.492. The van der Waals surface area contributed by atoms with Crippen LogP contribution in [0.1, 0.15) is 37.7 Å². The van der Waals surface area contributed by atoms with Crippen molar-refractivity contribution in [1.82, 2.24) is 9.97 Å². The Bertz CT molecular complexity index is 941. The van der Waals surface area contributed by atoms with Crippen molar-refractivity contribution >= 4 is 15.7 Å². The molecule has 1 aliphatic rings. The highest BCUT2D eigenvalue weighted by molar-refractivity contribution is 7.90. The smallest absolute Gasteiger partial charge is 0.180 e. The van der Waals surface area contributed by atoms with Crippen LogP contribution >= 0.6 is 0 Å². The zero-order chi connectivity index (χ0) is 19.1. The molecule has 1 aromatic carbocycles. The highest BCUT2D eigenvalue weighted by Gasteiger charge is 2.35. The number of aromatic nitrogens is 2. The van der Waals surface area contributed by atoms with Crippen molar-refractivity contribution in [3.8, 4) is 11.5 Å². The SMILES string of the molecule is COc1ccc2c(c1)[C@@H](Nc1nc(C)ncc1S(C)(=O)=O)CC(C)(C)O2. The van der Waals surface area contributed by atoms with E-state index in [0.29, 0.717) is 23.8 Å². The lowest BCUT2D eigenvalue weighted by Gasteiger charge is -2.38. The molecule has 1 aromatic heterocycles. The monoisotopic (exact) mass is 377 g/mol. The average molecular weight is 377 g/mol. The molecule has 3 rings (SSSR count). The Balaban J connectivity index is 2.07. The van der Waals surface area contributed by atoms with Crippen LogP contribution in [0, 0.1) is 6.92 Å². The molecule has 0 bridgehead atoms. The van der Waals surface area contributed by atoms with Crippen LogP contribution < -0.4 is 14.8 Å². The molecular weight excluding hydrogens is 354 g/mol. The van der Waals surface area contributed by atoms with E-state index in [-0.39, 0.29) is 10.9 Å². The maximum Gasteiger partial charge on any atom is 0.180 e. The van der Waals surface area contributed by atoms with E-state index in [0.717, 1.165) is 17.6 Å². The Hall–Kier alpha value is -2.35. The molecule has 1 aliphatic heterocycles. The minimum absolute atomic E-state index is 0.0804. The van der Waals surface area contributed by atoms with Crippen LogP contribution in [0.15, 0.2) is 29.3 Å². The summed E-state index contributed by atoms with van der Waals surface area (Å²) in [5.74, 6) is 2.25. The van der Waals surface area contributed by atoms with Gasteiger partial charge in [0.2, 0.25) is 0 Å². The van der Waals surface area contributed by atoms with Gasteiger partial charge >= 0.3 is 0 Å². The van der Waals surface area contributed by atoms with Crippen molar-refractivity contribution in [2.45, 2.75) is 43.7 Å². The number of fused-ring (bicyclic) bond motifs is 1. The number of nitrogens with one attached hydrogen (secondary N) is 1. The van der Waals surface area contributed by atoms with E-state index < -0.39 is 15.4 Å². The summed E-state index contributed by atoms with van der Waals surface area (Å²) in [6.07, 6.45) is 3.13. The van der Waals surface area contributed by atoms with Gasteiger partial charge in [-0.2, -0.15) is 0 Å². The van der Waals surface area contributed by atoms with E-state index in [1.54, 1.807) is 14.0 Å². The molecule has 0 saturated carbocycles. The van der Waals surface area contributed by atoms with Gasteiger partial charge in [0.1, 0.15) is 33.6 Å². The van der Waals surface area contributed by atoms with Crippen molar-refractivity contribution in [3.05, 3.63) is 35.8 Å². The number of aryl methyl sites for hydroxylation is 1. The van der Waals surface area contributed by atoms with E-state index in [1.807, 2.05) is 32.0 Å². The summed E-state index contributed by atoms with van der Waals surface area (Å²) >= 11 is 0. The lowest BCUT2D eigenvalue weighted by Crippen LogP contribution is -2.37. The molecule has 7 nitrogen and oxygen atoms in total. The number of ether oxygens (including phenoxy) is 2. The average Bonchev–Trinajstić information content (AvgIpc) is 2.52. The Morgan fingerprint density at radius 3 is 2.73 bits per heavy atom. The molecule has 0 fully saturated rings. The molecule has 0 aliphatic carbocycles. The van der Waals surface area contributed by atoms with Crippen LogP contribution in [-0.2, 0) is 9.84 Å². The summed E-state index contributed by atoms with van der Waals surface area (Å²) in [4.78, 5) is 8.43. The highest BCUT2D eigenvalue weighted by Crippen LogP contribution is 2.42. The quantitative estimate of drug-likeness (QED) is 0.876. The molecule has 140 valence electrons. The Labute approximate surface area is 153 Å². The summed E-state index contributed by atoms with van der Waals surface area (Å²) in [6, 6.07) is 5.43. The molecule has 0 spiro atoms. The van der Waals surface area contributed by atoms with Gasteiger partial charge in [-0.15, -0.1) is 0 Å². The third-order valence-electron chi connectivity index (χ3n) is 4.26. The second-order valence-electron chi connectivity index (χ2n) is 7.07. The van der Waals surface area contributed by atoms with Crippen LogP contribution in [0.25, 0.3) is 0 Å². The molecule has 0 radical (unpaired) electrons. The van der Waals surface area contributed by atoms with Gasteiger partial charge in [0, 0.05) is 18.2 Å². The summed E-state index contributed by atoms with van der Waals surface area (Å²) < 4.78 is 35.6. The van der Waals surface area contributed by atoms with Gasteiger partial charge < -0.3 is 14.8 Å². The fraction of sp³-hybridized carbons (Fsp3) is 0.444. The van der Waals surface area contributed by atoms with Crippen LogP contribution in [-0.4, -0.2) is 37.4 Å². The Morgan fingerprint density at radius 2 is 2.08 bits per heavy atom. The van der Waals surface area contributed by atoms with Crippen molar-refractivity contribution in [3.63, 3.8) is 0 Å². The molecule has 0 amide bonds. The summed E-state index contributed by atoms with van der Waals surface area (Å²) in [6.45, 7) is 5.72.